The zero-order valence-corrected chi connectivity index (χ0v) is 25.4. The Morgan fingerprint density at radius 3 is 2.29 bits per heavy atom. The van der Waals surface area contributed by atoms with Gasteiger partial charge in [0.15, 0.2) is 0 Å². The second-order valence-electron chi connectivity index (χ2n) is 11.8. The van der Waals surface area contributed by atoms with Gasteiger partial charge in [-0.25, -0.2) is 9.59 Å². The van der Waals surface area contributed by atoms with Crippen LogP contribution >= 0.6 is 0 Å². The van der Waals surface area contributed by atoms with Crippen molar-refractivity contribution in [2.24, 2.45) is 0 Å². The summed E-state index contributed by atoms with van der Waals surface area (Å²) in [4.78, 5) is 54.6. The van der Waals surface area contributed by atoms with E-state index in [4.69, 9.17) is 4.74 Å². The lowest BCUT2D eigenvalue weighted by Crippen LogP contribution is -2.54. The molecule has 0 unspecified atom stereocenters. The number of aryl methyl sites for hydroxylation is 1. The Labute approximate surface area is 243 Å². The van der Waals surface area contributed by atoms with Gasteiger partial charge in [0.1, 0.15) is 5.60 Å². The summed E-state index contributed by atoms with van der Waals surface area (Å²) in [6.45, 7) is 12.8. The second-order valence-corrected chi connectivity index (χ2v) is 11.8. The predicted octanol–water partition coefficient (Wildman–Crippen LogP) is 4.62. The molecule has 2 aromatic rings. The van der Waals surface area contributed by atoms with Gasteiger partial charge in [-0.3, -0.25) is 18.7 Å². The third-order valence-electron chi connectivity index (χ3n) is 7.22. The maximum Gasteiger partial charge on any atom is 0.417 e. The standard InChI is InChI=1S/C29H42F3N5O5/c1-8-24(38)33-12-14-36-22-15-20(21(29(30,31)32)16-23(22)35(9-2)26(36)40)25(39)37(18(3)4)19-11-10-13-34(17-19)27(41)42-28(5,6)7/h15-16,18-19H,8-14,17H2,1-7H3,(H,33,38)/t19-/m1/s1. The molecule has 1 saturated heterocycles. The maximum absolute atomic E-state index is 14.5. The van der Waals surface area contributed by atoms with E-state index in [1.54, 1.807) is 48.5 Å². The molecule has 3 amide bonds. The lowest BCUT2D eigenvalue weighted by Gasteiger charge is -2.41. The summed E-state index contributed by atoms with van der Waals surface area (Å²) in [6.07, 6.45) is -4.12. The summed E-state index contributed by atoms with van der Waals surface area (Å²) >= 11 is 0. The highest BCUT2D eigenvalue weighted by molar-refractivity contribution is 6.00. The molecule has 1 atom stereocenters. The van der Waals surface area contributed by atoms with Gasteiger partial charge in [-0.05, 0) is 66.5 Å². The first-order chi connectivity index (χ1) is 19.5. The van der Waals surface area contributed by atoms with Gasteiger partial charge >= 0.3 is 18.0 Å². The van der Waals surface area contributed by atoms with Crippen molar-refractivity contribution >= 4 is 28.9 Å². The summed E-state index contributed by atoms with van der Waals surface area (Å²) in [6, 6.07) is 0.979. The molecular formula is C29H42F3N5O5. The highest BCUT2D eigenvalue weighted by atomic mass is 19.4. The number of likely N-dealkylation sites (tertiary alicyclic amines) is 1. The summed E-state index contributed by atoms with van der Waals surface area (Å²) in [5.41, 5.74) is -2.73. The molecule has 0 saturated carbocycles. The van der Waals surface area contributed by atoms with E-state index < -0.39 is 52.7 Å². The Balaban J connectivity index is 2.09. The van der Waals surface area contributed by atoms with Crippen LogP contribution in [0.4, 0.5) is 18.0 Å². The molecule has 42 heavy (non-hydrogen) atoms. The highest BCUT2D eigenvalue weighted by Gasteiger charge is 2.40. The Kier molecular flexibility index (Phi) is 10.0. The van der Waals surface area contributed by atoms with Gasteiger partial charge in [0.25, 0.3) is 5.91 Å². The van der Waals surface area contributed by atoms with Crippen LogP contribution < -0.4 is 11.0 Å². The average molecular weight is 598 g/mol. The molecule has 1 aromatic carbocycles. The monoisotopic (exact) mass is 597 g/mol. The average Bonchev–Trinajstić information content (AvgIpc) is 3.15. The quantitative estimate of drug-likeness (QED) is 0.478. The number of alkyl halides is 3. The molecule has 0 spiro atoms. The molecule has 0 bridgehead atoms. The van der Waals surface area contributed by atoms with Gasteiger partial charge in [-0.1, -0.05) is 6.92 Å². The third kappa shape index (κ3) is 7.27. The van der Waals surface area contributed by atoms with Crippen molar-refractivity contribution in [3.8, 4) is 0 Å². The SMILES string of the molecule is CCC(=O)NCCn1c(=O)n(CC)c2cc(C(F)(F)F)c(C(=O)N(C(C)C)[C@@H]3CCCN(C(=O)OC(C)(C)C)C3)cc21. The zero-order valence-electron chi connectivity index (χ0n) is 25.4. The van der Waals surface area contributed by atoms with E-state index >= 15 is 0 Å². The van der Waals surface area contributed by atoms with E-state index in [1.807, 2.05) is 0 Å². The first-order valence-electron chi connectivity index (χ1n) is 14.4. The Morgan fingerprint density at radius 2 is 1.74 bits per heavy atom. The molecule has 2 heterocycles. The number of amides is 3. The molecule has 13 heteroatoms. The van der Waals surface area contributed by atoms with Crippen molar-refractivity contribution in [1.29, 1.82) is 0 Å². The number of benzene rings is 1. The van der Waals surface area contributed by atoms with Gasteiger partial charge in [-0.2, -0.15) is 13.2 Å². The smallest absolute Gasteiger partial charge is 0.417 e. The van der Waals surface area contributed by atoms with E-state index in [1.165, 1.54) is 18.9 Å². The van der Waals surface area contributed by atoms with Crippen molar-refractivity contribution in [1.82, 2.24) is 24.3 Å². The highest BCUT2D eigenvalue weighted by Crippen LogP contribution is 2.36. The molecule has 0 aliphatic carbocycles. The van der Waals surface area contributed by atoms with Crippen molar-refractivity contribution in [2.75, 3.05) is 19.6 Å². The minimum Gasteiger partial charge on any atom is -0.444 e. The number of carbonyl (C=O) groups excluding carboxylic acids is 3. The zero-order chi connectivity index (χ0) is 31.6. The van der Waals surface area contributed by atoms with Crippen LogP contribution in [0.5, 0.6) is 0 Å². The fourth-order valence-corrected chi connectivity index (χ4v) is 5.36. The number of rotatable bonds is 8. The summed E-state index contributed by atoms with van der Waals surface area (Å²) in [7, 11) is 0. The van der Waals surface area contributed by atoms with Crippen molar-refractivity contribution < 1.29 is 32.3 Å². The number of aromatic nitrogens is 2. The normalized spacial score (nSPS) is 16.2. The number of piperidine rings is 1. The fourth-order valence-electron chi connectivity index (χ4n) is 5.36. The van der Waals surface area contributed by atoms with Crippen LogP contribution in [-0.2, 0) is 28.8 Å². The van der Waals surface area contributed by atoms with Gasteiger partial charge < -0.3 is 19.9 Å². The number of hydrogen-bond acceptors (Lipinski definition) is 5. The number of imidazole rings is 1. The second kappa shape index (κ2) is 12.8. The summed E-state index contributed by atoms with van der Waals surface area (Å²) in [5.74, 6) is -1.06. The molecule has 1 fully saturated rings. The first-order valence-corrected chi connectivity index (χ1v) is 14.4. The number of halogens is 3. The van der Waals surface area contributed by atoms with Crippen LogP contribution in [0.15, 0.2) is 16.9 Å². The lowest BCUT2D eigenvalue weighted by molar-refractivity contribution is -0.138. The number of nitrogens with one attached hydrogen (secondary N) is 1. The topological polar surface area (TPSA) is 106 Å². The molecule has 1 N–H and O–H groups in total. The Bertz CT molecular complexity index is 1370. The predicted molar refractivity (Wildman–Crippen MR) is 152 cm³/mol. The number of ether oxygens (including phenoxy) is 1. The van der Waals surface area contributed by atoms with E-state index in [0.717, 1.165) is 12.1 Å². The van der Waals surface area contributed by atoms with Gasteiger partial charge in [0.05, 0.1) is 28.2 Å². The van der Waals surface area contributed by atoms with Gasteiger partial charge in [0.2, 0.25) is 5.91 Å². The van der Waals surface area contributed by atoms with Crippen molar-refractivity contribution in [2.45, 2.75) is 105 Å². The van der Waals surface area contributed by atoms with Crippen LogP contribution in [0.3, 0.4) is 0 Å². The van der Waals surface area contributed by atoms with E-state index in [0.29, 0.717) is 19.4 Å². The number of carbonyl (C=O) groups is 3. The molecule has 1 aliphatic rings. The molecule has 234 valence electrons. The minimum atomic E-state index is -4.87. The maximum atomic E-state index is 14.5. The minimum absolute atomic E-state index is 0.0223. The van der Waals surface area contributed by atoms with E-state index in [9.17, 15) is 32.3 Å². The Hall–Kier alpha value is -3.51. The number of nitrogens with zero attached hydrogens (tertiary/aromatic N) is 4. The van der Waals surface area contributed by atoms with Gasteiger partial charge in [0, 0.05) is 45.2 Å². The molecule has 0 radical (unpaired) electrons. The van der Waals surface area contributed by atoms with Crippen molar-refractivity contribution in [3.63, 3.8) is 0 Å². The fraction of sp³-hybridized carbons (Fsp3) is 0.655. The summed E-state index contributed by atoms with van der Waals surface area (Å²) in [5, 5.41) is 2.67. The van der Waals surface area contributed by atoms with Crippen LogP contribution in [0.1, 0.15) is 83.7 Å². The van der Waals surface area contributed by atoms with Gasteiger partial charge in [-0.15, -0.1) is 0 Å². The molecule has 1 aromatic heterocycles. The third-order valence-corrected chi connectivity index (χ3v) is 7.22. The summed E-state index contributed by atoms with van der Waals surface area (Å²) < 4.78 is 51.4. The molecular weight excluding hydrogens is 555 g/mol. The van der Waals surface area contributed by atoms with Crippen LogP contribution in [0.25, 0.3) is 11.0 Å². The largest absolute Gasteiger partial charge is 0.444 e. The molecule has 10 nitrogen and oxygen atoms in total. The van der Waals surface area contributed by atoms with Crippen LogP contribution in [0.2, 0.25) is 0 Å². The molecule has 3 rings (SSSR count). The molecule has 1 aliphatic heterocycles. The number of fused-ring (bicyclic) bond motifs is 1. The number of hydrogen-bond donors (Lipinski definition) is 1. The lowest BCUT2D eigenvalue weighted by atomic mass is 9.98. The van der Waals surface area contributed by atoms with E-state index in [-0.39, 0.29) is 49.5 Å². The first kappa shape index (κ1) is 33.0. The van der Waals surface area contributed by atoms with Crippen molar-refractivity contribution in [3.05, 3.63) is 33.7 Å². The van der Waals surface area contributed by atoms with Crippen LogP contribution in [-0.4, -0.2) is 74.2 Å². The van der Waals surface area contributed by atoms with E-state index in [2.05, 4.69) is 5.32 Å². The Morgan fingerprint density at radius 1 is 1.10 bits per heavy atom. The van der Waals surface area contributed by atoms with Crippen LogP contribution in [0, 0.1) is 0 Å².